The lowest BCUT2D eigenvalue weighted by atomic mass is 9.81. The van der Waals surface area contributed by atoms with E-state index in [1.54, 1.807) is 0 Å². The molecule has 0 aliphatic carbocycles. The SMILES string of the molecule is CC.CCC(CN)(CN)CCC(F)(F)F. The van der Waals surface area contributed by atoms with Crippen molar-refractivity contribution in [3.8, 4) is 0 Å². The number of alkyl halides is 3. The van der Waals surface area contributed by atoms with E-state index in [0.717, 1.165) is 0 Å². The maximum absolute atomic E-state index is 11.9. The van der Waals surface area contributed by atoms with Gasteiger partial charge in [-0.3, -0.25) is 0 Å². The molecule has 94 valence electrons. The third kappa shape index (κ3) is 7.62. The third-order valence-electron chi connectivity index (χ3n) is 2.55. The molecule has 0 saturated carbocycles. The Labute approximate surface area is 90.2 Å². The molecule has 2 nitrogen and oxygen atoms in total. The molecule has 0 amide bonds. The van der Waals surface area contributed by atoms with Gasteiger partial charge >= 0.3 is 6.18 Å². The Kier molecular flexibility index (Phi) is 9.05. The van der Waals surface area contributed by atoms with Crippen molar-refractivity contribution in [1.82, 2.24) is 0 Å². The maximum Gasteiger partial charge on any atom is 0.389 e. The van der Waals surface area contributed by atoms with Crippen LogP contribution < -0.4 is 11.5 Å². The van der Waals surface area contributed by atoms with Gasteiger partial charge in [0.15, 0.2) is 0 Å². The van der Waals surface area contributed by atoms with Crippen LogP contribution in [0.4, 0.5) is 13.2 Å². The summed E-state index contributed by atoms with van der Waals surface area (Å²) in [6.45, 7) is 6.25. The highest BCUT2D eigenvalue weighted by atomic mass is 19.4. The summed E-state index contributed by atoms with van der Waals surface area (Å²) in [5.74, 6) is 0. The van der Waals surface area contributed by atoms with Crippen molar-refractivity contribution in [2.45, 2.75) is 46.2 Å². The highest BCUT2D eigenvalue weighted by molar-refractivity contribution is 4.80. The third-order valence-corrected chi connectivity index (χ3v) is 2.55. The zero-order valence-corrected chi connectivity index (χ0v) is 9.82. The standard InChI is InChI=1S/C8H17F3N2.C2H6/c1-2-7(5-12,6-13)3-4-8(9,10)11;1-2/h2-6,12-13H2,1H3;1-2H3. The molecular formula is C10H23F3N2. The highest BCUT2D eigenvalue weighted by Gasteiger charge is 2.33. The number of hydrogen-bond donors (Lipinski definition) is 2. The number of halogens is 3. The van der Waals surface area contributed by atoms with Crippen LogP contribution in [0.3, 0.4) is 0 Å². The average molecular weight is 228 g/mol. The summed E-state index contributed by atoms with van der Waals surface area (Å²) >= 11 is 0. The minimum absolute atomic E-state index is 0.0278. The second-order valence-electron chi connectivity index (χ2n) is 3.38. The molecule has 0 saturated heterocycles. The first-order valence-corrected chi connectivity index (χ1v) is 5.36. The van der Waals surface area contributed by atoms with E-state index in [2.05, 4.69) is 0 Å². The van der Waals surface area contributed by atoms with Gasteiger partial charge in [0, 0.05) is 6.42 Å². The Bertz CT molecular complexity index is 134. The van der Waals surface area contributed by atoms with Crippen molar-refractivity contribution < 1.29 is 13.2 Å². The smallest absolute Gasteiger partial charge is 0.330 e. The van der Waals surface area contributed by atoms with E-state index in [1.807, 2.05) is 20.8 Å². The lowest BCUT2D eigenvalue weighted by Gasteiger charge is -2.30. The molecule has 0 rings (SSSR count). The molecule has 0 bridgehead atoms. The highest BCUT2D eigenvalue weighted by Crippen LogP contribution is 2.31. The van der Waals surface area contributed by atoms with E-state index >= 15 is 0 Å². The van der Waals surface area contributed by atoms with E-state index in [4.69, 9.17) is 11.5 Å². The topological polar surface area (TPSA) is 52.0 Å². The van der Waals surface area contributed by atoms with Crippen molar-refractivity contribution in [2.75, 3.05) is 13.1 Å². The summed E-state index contributed by atoms with van der Waals surface area (Å²) in [5.41, 5.74) is 10.3. The molecule has 0 fully saturated rings. The fourth-order valence-corrected chi connectivity index (χ4v) is 1.16. The summed E-state index contributed by atoms with van der Waals surface area (Å²) in [4.78, 5) is 0. The van der Waals surface area contributed by atoms with Crippen LogP contribution in [0, 0.1) is 5.41 Å². The first-order chi connectivity index (χ1) is 6.89. The van der Waals surface area contributed by atoms with Crippen LogP contribution in [0.15, 0.2) is 0 Å². The lowest BCUT2D eigenvalue weighted by Crippen LogP contribution is -2.38. The van der Waals surface area contributed by atoms with Gasteiger partial charge < -0.3 is 11.5 Å². The summed E-state index contributed by atoms with van der Waals surface area (Å²) in [6, 6.07) is 0. The van der Waals surface area contributed by atoms with E-state index in [0.29, 0.717) is 6.42 Å². The van der Waals surface area contributed by atoms with Gasteiger partial charge in [0.05, 0.1) is 0 Å². The van der Waals surface area contributed by atoms with Crippen LogP contribution in [0.2, 0.25) is 0 Å². The Hall–Kier alpha value is -0.290. The van der Waals surface area contributed by atoms with Crippen molar-refractivity contribution in [2.24, 2.45) is 16.9 Å². The first kappa shape index (κ1) is 17.1. The van der Waals surface area contributed by atoms with E-state index in [9.17, 15) is 13.2 Å². The van der Waals surface area contributed by atoms with Crippen LogP contribution >= 0.6 is 0 Å². The first-order valence-electron chi connectivity index (χ1n) is 5.36. The van der Waals surface area contributed by atoms with Crippen molar-refractivity contribution >= 4 is 0 Å². The minimum atomic E-state index is -4.11. The Morgan fingerprint density at radius 2 is 1.33 bits per heavy atom. The molecule has 0 heterocycles. The zero-order chi connectivity index (χ0) is 12.5. The fourth-order valence-electron chi connectivity index (χ4n) is 1.16. The normalized spacial score (nSPS) is 12.0. The Balaban J connectivity index is 0. The van der Waals surface area contributed by atoms with Crippen LogP contribution in [-0.2, 0) is 0 Å². The largest absolute Gasteiger partial charge is 0.389 e. The van der Waals surface area contributed by atoms with Gasteiger partial charge in [-0.2, -0.15) is 13.2 Å². The van der Waals surface area contributed by atoms with Gasteiger partial charge in [-0.15, -0.1) is 0 Å². The molecular weight excluding hydrogens is 205 g/mol. The van der Waals surface area contributed by atoms with Crippen molar-refractivity contribution in [3.63, 3.8) is 0 Å². The van der Waals surface area contributed by atoms with Crippen molar-refractivity contribution in [1.29, 1.82) is 0 Å². The van der Waals surface area contributed by atoms with Crippen molar-refractivity contribution in [3.05, 3.63) is 0 Å². The molecule has 0 spiro atoms. The summed E-state index contributed by atoms with van der Waals surface area (Å²) in [7, 11) is 0. The molecule has 0 radical (unpaired) electrons. The van der Waals surface area contributed by atoms with Crippen LogP contribution in [0.25, 0.3) is 0 Å². The summed E-state index contributed by atoms with van der Waals surface area (Å²) in [5, 5.41) is 0. The van der Waals surface area contributed by atoms with Gasteiger partial charge in [-0.05, 0) is 31.3 Å². The monoisotopic (exact) mass is 228 g/mol. The molecule has 0 unspecified atom stereocenters. The molecule has 0 aromatic rings. The molecule has 0 aliphatic rings. The van der Waals surface area contributed by atoms with Gasteiger partial charge in [0.2, 0.25) is 0 Å². The van der Waals surface area contributed by atoms with Crippen LogP contribution in [0.5, 0.6) is 0 Å². The average Bonchev–Trinajstić information content (AvgIpc) is 2.22. The Morgan fingerprint density at radius 1 is 0.933 bits per heavy atom. The van der Waals surface area contributed by atoms with Gasteiger partial charge in [-0.1, -0.05) is 20.8 Å². The summed E-state index contributed by atoms with van der Waals surface area (Å²) in [6.07, 6.45) is -4.28. The second-order valence-corrected chi connectivity index (χ2v) is 3.38. The minimum Gasteiger partial charge on any atom is -0.330 e. The lowest BCUT2D eigenvalue weighted by molar-refractivity contribution is -0.140. The molecule has 0 aromatic carbocycles. The second kappa shape index (κ2) is 7.93. The quantitative estimate of drug-likeness (QED) is 0.760. The van der Waals surface area contributed by atoms with Gasteiger partial charge in [0.25, 0.3) is 0 Å². The predicted octanol–water partition coefficient (Wildman–Crippen LogP) is 2.67. The van der Waals surface area contributed by atoms with E-state index < -0.39 is 18.0 Å². The van der Waals surface area contributed by atoms with Crippen LogP contribution in [0.1, 0.15) is 40.0 Å². The Morgan fingerprint density at radius 3 is 1.53 bits per heavy atom. The van der Waals surface area contributed by atoms with E-state index in [-0.39, 0.29) is 19.5 Å². The molecule has 15 heavy (non-hydrogen) atoms. The van der Waals surface area contributed by atoms with E-state index in [1.165, 1.54) is 0 Å². The maximum atomic E-state index is 11.9. The number of nitrogens with two attached hydrogens (primary N) is 2. The molecule has 0 aromatic heterocycles. The molecule has 5 heteroatoms. The molecule has 4 N–H and O–H groups in total. The summed E-state index contributed by atoms with van der Waals surface area (Å²) < 4.78 is 35.7. The van der Waals surface area contributed by atoms with Gasteiger partial charge in [-0.25, -0.2) is 0 Å². The number of hydrogen-bond acceptors (Lipinski definition) is 2. The predicted molar refractivity (Wildman–Crippen MR) is 57.5 cm³/mol. The fraction of sp³-hybridized carbons (Fsp3) is 1.00. The van der Waals surface area contributed by atoms with Crippen LogP contribution in [-0.4, -0.2) is 19.3 Å². The zero-order valence-electron chi connectivity index (χ0n) is 9.82. The van der Waals surface area contributed by atoms with Gasteiger partial charge in [0.1, 0.15) is 0 Å². The molecule has 0 atom stereocenters. The number of rotatable bonds is 5. The molecule has 0 aliphatic heterocycles.